The topological polar surface area (TPSA) is 82.3 Å². The summed E-state index contributed by atoms with van der Waals surface area (Å²) < 4.78 is 22.0. The standard InChI is InChI=1S/C21H17ClN2O5/c1-26-17-8-6-13(10-15(17)22)16-9-7-14(28-16)11-23-24-21(25)20-12-27-18-4-2-3-5-19(18)29-20/h2-11,20H,12H2,1H3,(H,24,25)/b23-11-/t20-/m1/s1. The number of nitrogens with zero attached hydrogens (tertiary/aromatic N) is 1. The van der Waals surface area contributed by atoms with Crippen LogP contribution in [0.2, 0.25) is 5.02 Å². The Morgan fingerprint density at radius 2 is 2.03 bits per heavy atom. The van der Waals surface area contributed by atoms with Gasteiger partial charge in [-0.3, -0.25) is 4.79 Å². The van der Waals surface area contributed by atoms with Crippen LogP contribution in [0.4, 0.5) is 0 Å². The van der Waals surface area contributed by atoms with E-state index in [1.54, 1.807) is 43.5 Å². The lowest BCUT2D eigenvalue weighted by atomic mass is 10.2. The summed E-state index contributed by atoms with van der Waals surface area (Å²) in [5.74, 6) is 2.40. The molecule has 3 aromatic rings. The Labute approximate surface area is 171 Å². The number of fused-ring (bicyclic) bond motifs is 1. The van der Waals surface area contributed by atoms with E-state index in [2.05, 4.69) is 10.5 Å². The third kappa shape index (κ3) is 4.20. The van der Waals surface area contributed by atoms with Crippen molar-refractivity contribution < 1.29 is 23.4 Å². The Kier molecular flexibility index (Phi) is 5.39. The highest BCUT2D eigenvalue weighted by atomic mass is 35.5. The Balaban J connectivity index is 1.37. The number of furan rings is 1. The molecule has 0 saturated heterocycles. The molecule has 29 heavy (non-hydrogen) atoms. The molecule has 0 fully saturated rings. The van der Waals surface area contributed by atoms with Gasteiger partial charge in [0.25, 0.3) is 5.91 Å². The SMILES string of the molecule is COc1ccc(-c2ccc(/C=N\NC(=O)[C@H]3COc4ccccc4O3)o2)cc1Cl. The van der Waals surface area contributed by atoms with Gasteiger partial charge in [-0.1, -0.05) is 23.7 Å². The van der Waals surface area contributed by atoms with E-state index < -0.39 is 12.0 Å². The molecule has 148 valence electrons. The highest BCUT2D eigenvalue weighted by Gasteiger charge is 2.27. The average molecular weight is 413 g/mol. The maximum absolute atomic E-state index is 12.2. The summed E-state index contributed by atoms with van der Waals surface area (Å²) in [6, 6.07) is 16.1. The van der Waals surface area contributed by atoms with E-state index in [4.69, 9.17) is 30.2 Å². The van der Waals surface area contributed by atoms with Crippen LogP contribution in [0.5, 0.6) is 17.2 Å². The smallest absolute Gasteiger partial charge is 0.284 e. The van der Waals surface area contributed by atoms with E-state index in [1.165, 1.54) is 6.21 Å². The summed E-state index contributed by atoms with van der Waals surface area (Å²) >= 11 is 6.15. The first-order valence-corrected chi connectivity index (χ1v) is 9.17. The van der Waals surface area contributed by atoms with Gasteiger partial charge in [0.05, 0.1) is 18.3 Å². The molecule has 7 nitrogen and oxygen atoms in total. The van der Waals surface area contributed by atoms with Crippen LogP contribution in [0.3, 0.4) is 0 Å². The average Bonchev–Trinajstić information content (AvgIpc) is 3.22. The first kappa shape index (κ1) is 18.9. The normalized spacial score (nSPS) is 15.3. The lowest BCUT2D eigenvalue weighted by Gasteiger charge is -2.24. The number of hydrogen-bond acceptors (Lipinski definition) is 6. The Bertz CT molecular complexity index is 1060. The molecule has 1 atom stereocenters. The van der Waals surface area contributed by atoms with Gasteiger partial charge in [-0.25, -0.2) is 5.43 Å². The van der Waals surface area contributed by atoms with E-state index in [9.17, 15) is 4.79 Å². The van der Waals surface area contributed by atoms with Crippen molar-refractivity contribution in [2.75, 3.05) is 13.7 Å². The van der Waals surface area contributed by atoms with E-state index in [-0.39, 0.29) is 6.61 Å². The molecule has 2 aromatic carbocycles. The minimum atomic E-state index is -0.782. The van der Waals surface area contributed by atoms with Gasteiger partial charge in [0.1, 0.15) is 23.9 Å². The number of benzene rings is 2. The first-order chi connectivity index (χ1) is 14.1. The number of amides is 1. The van der Waals surface area contributed by atoms with Crippen LogP contribution in [0.25, 0.3) is 11.3 Å². The van der Waals surface area contributed by atoms with Crippen LogP contribution in [0.1, 0.15) is 5.76 Å². The van der Waals surface area contributed by atoms with Crippen LogP contribution in [0.15, 0.2) is 64.1 Å². The van der Waals surface area contributed by atoms with Crippen LogP contribution in [-0.2, 0) is 4.79 Å². The summed E-state index contributed by atoms with van der Waals surface area (Å²) in [5.41, 5.74) is 3.23. The van der Waals surface area contributed by atoms with Gasteiger partial charge in [-0.2, -0.15) is 5.10 Å². The second-order valence-corrected chi connectivity index (χ2v) is 6.56. The second kappa shape index (κ2) is 8.28. The Hall–Kier alpha value is -3.45. The summed E-state index contributed by atoms with van der Waals surface area (Å²) in [6.07, 6.45) is 0.625. The number of methoxy groups -OCH3 is 1. The lowest BCUT2D eigenvalue weighted by Crippen LogP contribution is -2.42. The predicted octanol–water partition coefficient (Wildman–Crippen LogP) is 3.90. The number of rotatable bonds is 5. The fraction of sp³-hybridized carbons (Fsp3) is 0.143. The van der Waals surface area contributed by atoms with Gasteiger partial charge in [0.2, 0.25) is 6.10 Å². The van der Waals surface area contributed by atoms with Crippen molar-refractivity contribution in [1.29, 1.82) is 0 Å². The van der Waals surface area contributed by atoms with Crippen molar-refractivity contribution in [2.45, 2.75) is 6.10 Å². The van der Waals surface area contributed by atoms with Gasteiger partial charge in [-0.05, 0) is 42.5 Å². The summed E-state index contributed by atoms with van der Waals surface area (Å²) in [6.45, 7) is 0.113. The fourth-order valence-electron chi connectivity index (χ4n) is 2.78. The van der Waals surface area contributed by atoms with Crippen molar-refractivity contribution in [3.63, 3.8) is 0 Å². The minimum absolute atomic E-state index is 0.113. The molecule has 0 spiro atoms. The van der Waals surface area contributed by atoms with Gasteiger partial charge in [0, 0.05) is 5.56 Å². The zero-order chi connectivity index (χ0) is 20.2. The van der Waals surface area contributed by atoms with Crippen molar-refractivity contribution >= 4 is 23.7 Å². The van der Waals surface area contributed by atoms with Crippen molar-refractivity contribution in [2.24, 2.45) is 5.10 Å². The van der Waals surface area contributed by atoms with Gasteiger partial charge in [0.15, 0.2) is 11.5 Å². The van der Waals surface area contributed by atoms with Gasteiger partial charge >= 0.3 is 0 Å². The lowest BCUT2D eigenvalue weighted by molar-refractivity contribution is -0.130. The molecule has 1 N–H and O–H groups in total. The third-order valence-corrected chi connectivity index (χ3v) is 4.53. The zero-order valence-corrected chi connectivity index (χ0v) is 16.2. The summed E-state index contributed by atoms with van der Waals surface area (Å²) in [5, 5.41) is 4.41. The van der Waals surface area contributed by atoms with E-state index in [1.807, 2.05) is 18.2 Å². The number of carbonyl (C=O) groups excluding carboxylic acids is 1. The maximum atomic E-state index is 12.2. The summed E-state index contributed by atoms with van der Waals surface area (Å²) in [4.78, 5) is 12.2. The van der Waals surface area contributed by atoms with Crippen LogP contribution in [0, 0.1) is 0 Å². The molecular formula is C21H17ClN2O5. The molecule has 0 aliphatic carbocycles. The fourth-order valence-corrected chi connectivity index (χ4v) is 3.03. The van der Waals surface area contributed by atoms with Crippen molar-refractivity contribution in [3.8, 4) is 28.6 Å². The molecule has 0 saturated carbocycles. The Morgan fingerprint density at radius 3 is 2.83 bits per heavy atom. The molecule has 1 amide bonds. The van der Waals surface area contributed by atoms with Crippen LogP contribution < -0.4 is 19.6 Å². The number of ether oxygens (including phenoxy) is 3. The van der Waals surface area contributed by atoms with Crippen molar-refractivity contribution in [3.05, 3.63) is 65.4 Å². The van der Waals surface area contributed by atoms with E-state index >= 15 is 0 Å². The van der Waals surface area contributed by atoms with E-state index in [0.717, 1.165) is 5.56 Å². The zero-order valence-electron chi connectivity index (χ0n) is 15.4. The Morgan fingerprint density at radius 1 is 1.21 bits per heavy atom. The highest BCUT2D eigenvalue weighted by molar-refractivity contribution is 6.32. The van der Waals surface area contributed by atoms with Gasteiger partial charge < -0.3 is 18.6 Å². The number of hydrazone groups is 1. The molecule has 1 aliphatic heterocycles. The molecule has 2 heterocycles. The highest BCUT2D eigenvalue weighted by Crippen LogP contribution is 2.31. The number of halogens is 1. The quantitative estimate of drug-likeness (QED) is 0.507. The molecule has 0 radical (unpaired) electrons. The summed E-state index contributed by atoms with van der Waals surface area (Å²) in [7, 11) is 1.56. The molecule has 1 aliphatic rings. The predicted molar refractivity (Wildman–Crippen MR) is 108 cm³/mol. The molecule has 0 bridgehead atoms. The number of para-hydroxylation sites is 2. The largest absolute Gasteiger partial charge is 0.495 e. The van der Waals surface area contributed by atoms with Crippen LogP contribution >= 0.6 is 11.6 Å². The van der Waals surface area contributed by atoms with Crippen molar-refractivity contribution in [1.82, 2.24) is 5.43 Å². The first-order valence-electron chi connectivity index (χ1n) is 8.79. The van der Waals surface area contributed by atoms with Crippen LogP contribution in [-0.4, -0.2) is 31.9 Å². The van der Waals surface area contributed by atoms with E-state index in [0.29, 0.717) is 33.8 Å². The molecule has 8 heteroatoms. The maximum Gasteiger partial charge on any atom is 0.284 e. The van der Waals surface area contributed by atoms with Gasteiger partial charge in [-0.15, -0.1) is 0 Å². The molecule has 1 aromatic heterocycles. The molecule has 4 rings (SSSR count). The minimum Gasteiger partial charge on any atom is -0.495 e. The third-order valence-electron chi connectivity index (χ3n) is 4.23. The molecule has 0 unspecified atom stereocenters. The number of nitrogens with one attached hydrogen (secondary N) is 1. The molecular weight excluding hydrogens is 396 g/mol. The number of hydrogen-bond donors (Lipinski definition) is 1. The number of carbonyl (C=O) groups is 1. The second-order valence-electron chi connectivity index (χ2n) is 6.15. The monoisotopic (exact) mass is 412 g/mol.